The molecule has 0 atom stereocenters. The van der Waals surface area contributed by atoms with E-state index in [1.807, 2.05) is 13.1 Å². The summed E-state index contributed by atoms with van der Waals surface area (Å²) in [5.74, 6) is 0.683. The average molecular weight is 515 g/mol. The molecule has 2 rings (SSSR count). The van der Waals surface area contributed by atoms with Gasteiger partial charge in [0.05, 0.1) is 27.5 Å². The van der Waals surface area contributed by atoms with Crippen LogP contribution in [-0.4, -0.2) is 33.5 Å². The molecule has 0 aliphatic rings. The fourth-order valence-electron chi connectivity index (χ4n) is 1.58. The van der Waals surface area contributed by atoms with Gasteiger partial charge in [0.1, 0.15) is 12.1 Å². The monoisotopic (exact) mass is 512 g/mol. The molecule has 0 spiro atoms. The summed E-state index contributed by atoms with van der Waals surface area (Å²) in [6.07, 6.45) is 1.59. The van der Waals surface area contributed by atoms with Crippen molar-refractivity contribution in [1.29, 1.82) is 0 Å². The van der Waals surface area contributed by atoms with Crippen LogP contribution in [0.2, 0.25) is 0 Å². The smallest absolute Gasteiger partial charge is 0.234 e. The third-order valence-corrected chi connectivity index (χ3v) is 5.60. The molecule has 0 saturated heterocycles. The Morgan fingerprint density at radius 2 is 2.14 bits per heavy atom. The maximum Gasteiger partial charge on any atom is 0.234 e. The molecule has 0 saturated carbocycles. The van der Waals surface area contributed by atoms with Crippen LogP contribution < -0.4 is 10.1 Å². The lowest BCUT2D eigenvalue weighted by atomic mass is 10.3. The number of methoxy groups -OCH3 is 1. The van der Waals surface area contributed by atoms with E-state index in [1.165, 1.54) is 11.8 Å². The Hall–Kier alpha value is -0.580. The molecule has 0 aliphatic heterocycles. The average Bonchev–Trinajstić information content (AvgIpc) is 2.87. The van der Waals surface area contributed by atoms with Gasteiger partial charge in [0, 0.05) is 11.5 Å². The van der Waals surface area contributed by atoms with Crippen LogP contribution in [0.1, 0.15) is 0 Å². The van der Waals surface area contributed by atoms with Crippen molar-refractivity contribution in [2.24, 2.45) is 7.05 Å². The Balaban J connectivity index is 2.10. The Morgan fingerprint density at radius 1 is 1.41 bits per heavy atom. The predicted octanol–water partition coefficient (Wildman–Crippen LogP) is 3.84. The molecule has 1 heterocycles. The van der Waals surface area contributed by atoms with Gasteiger partial charge >= 0.3 is 0 Å². The summed E-state index contributed by atoms with van der Waals surface area (Å²) in [6, 6.07) is 1.81. The molecule has 1 aromatic carbocycles. The molecule has 1 N–H and O–H groups in total. The Bertz CT molecular complexity index is 708. The minimum absolute atomic E-state index is 0.154. The van der Waals surface area contributed by atoms with Gasteiger partial charge in [-0.15, -0.1) is 10.2 Å². The topological polar surface area (TPSA) is 69.0 Å². The van der Waals surface area contributed by atoms with E-state index in [2.05, 4.69) is 63.3 Å². The molecule has 0 fully saturated rings. The van der Waals surface area contributed by atoms with Gasteiger partial charge in [-0.25, -0.2) is 0 Å². The van der Waals surface area contributed by atoms with Gasteiger partial charge in [-0.05, 0) is 53.9 Å². The number of hydrogen-bond donors (Lipinski definition) is 1. The number of thioether (sulfide) groups is 1. The highest BCUT2D eigenvalue weighted by atomic mass is 79.9. The van der Waals surface area contributed by atoms with Gasteiger partial charge in [-0.2, -0.15) is 0 Å². The number of ether oxygens (including phenoxy) is 1. The Labute approximate surface area is 156 Å². The first kappa shape index (κ1) is 17.8. The number of halogens is 3. The largest absolute Gasteiger partial charge is 0.494 e. The number of aromatic nitrogens is 3. The van der Waals surface area contributed by atoms with Crippen molar-refractivity contribution in [3.05, 3.63) is 25.8 Å². The first-order valence-corrected chi connectivity index (χ1v) is 9.28. The highest BCUT2D eigenvalue weighted by Gasteiger charge is 2.17. The zero-order valence-electron chi connectivity index (χ0n) is 11.6. The minimum atomic E-state index is -0.154. The molecular formula is C12H11Br3N4O2S. The molecule has 0 bridgehead atoms. The highest BCUT2D eigenvalue weighted by molar-refractivity contribution is 9.11. The maximum atomic E-state index is 12.1. The summed E-state index contributed by atoms with van der Waals surface area (Å²) in [4.78, 5) is 12.1. The van der Waals surface area contributed by atoms with Crippen LogP contribution >= 0.6 is 59.6 Å². The van der Waals surface area contributed by atoms with Crippen molar-refractivity contribution in [2.75, 3.05) is 18.2 Å². The number of carbonyl (C=O) groups is 1. The van der Waals surface area contributed by atoms with E-state index in [0.29, 0.717) is 21.1 Å². The SMILES string of the molecule is COc1c(Br)cc(Br)c(NC(=O)CSc2nncn2C)c1Br. The number of hydrogen-bond acceptors (Lipinski definition) is 5. The Morgan fingerprint density at radius 3 is 2.73 bits per heavy atom. The summed E-state index contributed by atoms with van der Waals surface area (Å²) >= 11 is 11.6. The molecule has 0 unspecified atom stereocenters. The number of nitrogens with one attached hydrogen (secondary N) is 1. The van der Waals surface area contributed by atoms with E-state index in [9.17, 15) is 4.79 Å². The predicted molar refractivity (Wildman–Crippen MR) is 96.5 cm³/mol. The van der Waals surface area contributed by atoms with Crippen LogP contribution in [-0.2, 0) is 11.8 Å². The van der Waals surface area contributed by atoms with Crippen LogP contribution in [0.5, 0.6) is 5.75 Å². The third kappa shape index (κ3) is 4.03. The fraction of sp³-hybridized carbons (Fsp3) is 0.250. The molecule has 1 aromatic heterocycles. The summed E-state index contributed by atoms with van der Waals surface area (Å²) in [5.41, 5.74) is 0.614. The van der Waals surface area contributed by atoms with Crippen LogP contribution in [0, 0.1) is 0 Å². The quantitative estimate of drug-likeness (QED) is 0.614. The van der Waals surface area contributed by atoms with Crippen LogP contribution in [0.25, 0.3) is 0 Å². The summed E-state index contributed by atoms with van der Waals surface area (Å²) in [5, 5.41) is 11.2. The van der Waals surface area contributed by atoms with Gasteiger partial charge in [-0.3, -0.25) is 4.79 Å². The summed E-state index contributed by atoms with van der Waals surface area (Å²) < 4.78 is 9.23. The van der Waals surface area contributed by atoms with Gasteiger partial charge < -0.3 is 14.6 Å². The second kappa shape index (κ2) is 7.80. The maximum absolute atomic E-state index is 12.1. The number of rotatable bonds is 5. The van der Waals surface area contributed by atoms with Crippen molar-refractivity contribution >= 4 is 71.1 Å². The van der Waals surface area contributed by atoms with Crippen molar-refractivity contribution in [1.82, 2.24) is 14.8 Å². The van der Waals surface area contributed by atoms with Crippen molar-refractivity contribution in [2.45, 2.75) is 5.16 Å². The standard InChI is InChI=1S/C12H11Br3N4O2S/c1-19-5-16-18-12(19)22-4-8(20)17-10-6(13)3-7(14)11(21-2)9(10)15/h3,5H,4H2,1-2H3,(H,17,20). The number of nitrogens with zero attached hydrogens (tertiary/aromatic N) is 3. The molecule has 2 aromatic rings. The van der Waals surface area contributed by atoms with E-state index in [0.717, 1.165) is 8.95 Å². The highest BCUT2D eigenvalue weighted by Crippen LogP contribution is 2.43. The zero-order valence-corrected chi connectivity index (χ0v) is 17.1. The number of benzene rings is 1. The lowest BCUT2D eigenvalue weighted by molar-refractivity contribution is -0.113. The number of amides is 1. The lowest BCUT2D eigenvalue weighted by Crippen LogP contribution is -2.15. The van der Waals surface area contributed by atoms with Crippen LogP contribution in [0.3, 0.4) is 0 Å². The molecule has 10 heteroatoms. The molecule has 118 valence electrons. The first-order chi connectivity index (χ1) is 10.4. The van der Waals surface area contributed by atoms with Crippen molar-refractivity contribution in [3.8, 4) is 5.75 Å². The van der Waals surface area contributed by atoms with Crippen LogP contribution in [0.15, 0.2) is 31.0 Å². The molecule has 0 radical (unpaired) electrons. The van der Waals surface area contributed by atoms with Gasteiger partial charge in [-0.1, -0.05) is 11.8 Å². The van der Waals surface area contributed by atoms with Gasteiger partial charge in [0.25, 0.3) is 0 Å². The second-order valence-electron chi connectivity index (χ2n) is 4.12. The molecule has 22 heavy (non-hydrogen) atoms. The van der Waals surface area contributed by atoms with Crippen LogP contribution in [0.4, 0.5) is 5.69 Å². The fourth-order valence-corrected chi connectivity index (χ4v) is 4.91. The lowest BCUT2D eigenvalue weighted by Gasteiger charge is -2.14. The van der Waals surface area contributed by atoms with E-state index in [4.69, 9.17) is 4.74 Å². The second-order valence-corrected chi connectivity index (χ2v) is 7.57. The summed E-state index contributed by atoms with van der Waals surface area (Å²) in [7, 11) is 3.39. The van der Waals surface area contributed by atoms with Gasteiger partial charge in [0.2, 0.25) is 5.91 Å². The Kier molecular flexibility index (Phi) is 6.30. The number of aryl methyl sites for hydroxylation is 1. The normalized spacial score (nSPS) is 10.6. The molecule has 6 nitrogen and oxygen atoms in total. The number of anilines is 1. The minimum Gasteiger partial charge on any atom is -0.494 e. The molecule has 0 aliphatic carbocycles. The van der Waals surface area contributed by atoms with Crippen molar-refractivity contribution in [3.63, 3.8) is 0 Å². The zero-order chi connectivity index (χ0) is 16.3. The van der Waals surface area contributed by atoms with E-state index in [1.54, 1.807) is 18.0 Å². The van der Waals surface area contributed by atoms with E-state index >= 15 is 0 Å². The number of carbonyl (C=O) groups excluding carboxylic acids is 1. The molecule has 1 amide bonds. The first-order valence-electron chi connectivity index (χ1n) is 5.92. The van der Waals surface area contributed by atoms with E-state index in [-0.39, 0.29) is 11.7 Å². The molecular weight excluding hydrogens is 504 g/mol. The summed E-state index contributed by atoms with van der Waals surface area (Å²) in [6.45, 7) is 0. The van der Waals surface area contributed by atoms with E-state index < -0.39 is 0 Å². The third-order valence-electron chi connectivity index (χ3n) is 2.60. The van der Waals surface area contributed by atoms with Gasteiger partial charge in [0.15, 0.2) is 5.16 Å². The van der Waals surface area contributed by atoms with Crippen molar-refractivity contribution < 1.29 is 9.53 Å².